The highest BCUT2D eigenvalue weighted by Gasteiger charge is 1.95. The molecule has 48 valence electrons. The lowest BCUT2D eigenvalue weighted by molar-refractivity contribution is 0.504. The van der Waals surface area contributed by atoms with Crippen LogP contribution in [0.4, 0.5) is 0 Å². The summed E-state index contributed by atoms with van der Waals surface area (Å²) in [7, 11) is 0. The molecule has 1 rings (SSSR count). The molecule has 1 saturated carbocycles. The molecular formula is C8H16. The minimum absolute atomic E-state index is 4.04. The van der Waals surface area contributed by atoms with Crippen molar-refractivity contribution in [2.45, 2.75) is 51.0 Å². The van der Waals surface area contributed by atoms with Crippen LogP contribution in [0.5, 0.6) is 0 Å². The van der Waals surface area contributed by atoms with Gasteiger partial charge in [-0.1, -0.05) is 51.0 Å². The van der Waals surface area contributed by atoms with E-state index in [9.17, 15) is 0 Å². The van der Waals surface area contributed by atoms with Crippen molar-refractivity contribution in [2.75, 3.05) is 0 Å². The molecule has 0 spiro atoms. The van der Waals surface area contributed by atoms with E-state index < -0.39 is 51.0 Å². The molecule has 0 unspecified atom stereocenters. The highest BCUT2D eigenvalue weighted by Crippen LogP contribution is 2.15. The van der Waals surface area contributed by atoms with Crippen molar-refractivity contribution in [2.24, 2.45) is 0 Å². The molecular weight excluding hydrogens is 96.1 g/mol. The summed E-state index contributed by atoms with van der Waals surface area (Å²) in [5, 5.41) is 0. The first-order chi connectivity index (χ1) is 10.0. The molecule has 0 heterocycles. The van der Waals surface area contributed by atoms with E-state index in [0.717, 1.165) is 0 Å². The summed E-state index contributed by atoms with van der Waals surface area (Å²) >= 11 is 0. The largest absolute Gasteiger partial charge is 0.0533 e. The van der Waals surface area contributed by atoms with Crippen LogP contribution < -0.4 is 0 Å². The zero-order valence-electron chi connectivity index (χ0n) is 20.0. The predicted octanol–water partition coefficient (Wildman–Crippen LogP) is 3.12. The molecule has 0 radical (unpaired) electrons. The van der Waals surface area contributed by atoms with E-state index in [1.807, 2.05) is 0 Å². The zero-order chi connectivity index (χ0) is 20.0. The first-order valence-electron chi connectivity index (χ1n) is 10.0. The molecule has 0 amide bonds. The first-order valence-corrected chi connectivity index (χ1v) is 2.00. The summed E-state index contributed by atoms with van der Waals surface area (Å²) in [6, 6.07) is 0. The Bertz CT molecular complexity index is 350. The Kier molecular flexibility index (Phi) is 0.335. The van der Waals surface area contributed by atoms with Gasteiger partial charge in [-0.3, -0.25) is 0 Å². The third-order valence-corrected chi connectivity index (χ3v) is 0.500. The lowest BCUT2D eigenvalue weighted by Gasteiger charge is -2.05. The molecule has 0 aromatic heterocycles. The Morgan fingerprint density at radius 1 is 0.500 bits per heavy atom. The topological polar surface area (TPSA) is 0 Å². The maximum atomic E-state index is 7.64. The van der Waals surface area contributed by atoms with Crippen molar-refractivity contribution < 1.29 is 21.9 Å². The fraction of sp³-hybridized carbons (Fsp3) is 1.00. The van der Waals surface area contributed by atoms with Crippen LogP contribution in [-0.4, -0.2) is 0 Å². The van der Waals surface area contributed by atoms with Crippen molar-refractivity contribution in [1.82, 2.24) is 0 Å². The van der Waals surface area contributed by atoms with Crippen molar-refractivity contribution in [1.29, 1.82) is 0 Å². The quantitative estimate of drug-likeness (QED) is 0.470. The van der Waals surface area contributed by atoms with E-state index in [0.29, 0.717) is 0 Å². The van der Waals surface area contributed by atoms with Gasteiger partial charge < -0.3 is 0 Å². The summed E-state index contributed by atoms with van der Waals surface area (Å²) in [6.45, 7) is 0. The van der Waals surface area contributed by atoms with Gasteiger partial charge in [-0.25, -0.2) is 0 Å². The average molecular weight is 128 g/mol. The van der Waals surface area contributed by atoms with Gasteiger partial charge >= 0.3 is 0 Å². The van der Waals surface area contributed by atoms with Gasteiger partial charge in [-0.05, 0) is 0 Å². The van der Waals surface area contributed by atoms with Crippen LogP contribution in [0, 0.1) is 0 Å². The number of hydrogen-bond acceptors (Lipinski definition) is 0. The minimum Gasteiger partial charge on any atom is -0.0533 e. The standard InChI is InChI=1S/C8H16/c1-2-4-6-8-7-5-3-1/h1-8H2/i1D2,2D2,3D2,4D2,5D2,6D2,7D2,8D2. The molecule has 0 aromatic carbocycles. The predicted molar refractivity (Wildman–Crippen MR) is 36.9 cm³/mol. The van der Waals surface area contributed by atoms with Crippen LogP contribution in [-0.2, 0) is 0 Å². The first kappa shape index (κ1) is 0.681. The summed E-state index contributed by atoms with van der Waals surface area (Å²) in [4.78, 5) is 0. The van der Waals surface area contributed by atoms with Gasteiger partial charge in [0.2, 0.25) is 0 Å². The van der Waals surface area contributed by atoms with Gasteiger partial charge in [-0.2, -0.15) is 0 Å². The second-order valence-corrected chi connectivity index (χ2v) is 1.00. The monoisotopic (exact) mass is 128 g/mol. The SMILES string of the molecule is [2H]C1([2H])C([2H])([2H])C([2H])([2H])C([2H])([2H])C([2H])([2H])C([2H])([2H])C([2H])([2H])C1([2H])[2H]. The van der Waals surface area contributed by atoms with Crippen molar-refractivity contribution in [3.8, 4) is 0 Å². The van der Waals surface area contributed by atoms with E-state index in [-0.39, 0.29) is 0 Å². The maximum Gasteiger partial charge on any atom is 0.0267 e. The Labute approximate surface area is 74.8 Å². The third-order valence-electron chi connectivity index (χ3n) is 0.500. The lowest BCUT2D eigenvalue weighted by atomic mass is 10.0. The van der Waals surface area contributed by atoms with E-state index >= 15 is 0 Å². The van der Waals surface area contributed by atoms with E-state index in [1.165, 1.54) is 0 Å². The second-order valence-electron chi connectivity index (χ2n) is 1.00. The summed E-state index contributed by atoms with van der Waals surface area (Å²) < 4.78 is 122. The van der Waals surface area contributed by atoms with Crippen LogP contribution in [0.25, 0.3) is 0 Å². The molecule has 0 N–H and O–H groups in total. The molecule has 0 aromatic rings. The summed E-state index contributed by atoms with van der Waals surface area (Å²) in [5.74, 6) is 0. The van der Waals surface area contributed by atoms with Gasteiger partial charge in [0.1, 0.15) is 0 Å². The Morgan fingerprint density at radius 2 is 0.625 bits per heavy atom. The molecule has 0 bridgehead atoms. The summed E-state index contributed by atoms with van der Waals surface area (Å²) in [6.07, 6.45) is -32.3. The Balaban J connectivity index is 4.09. The van der Waals surface area contributed by atoms with Crippen LogP contribution >= 0.6 is 0 Å². The third kappa shape index (κ3) is 2.34. The molecule has 1 fully saturated rings. The van der Waals surface area contributed by atoms with E-state index in [4.69, 9.17) is 21.9 Å². The average Bonchev–Trinajstić information content (AvgIpc) is 2.35. The smallest absolute Gasteiger partial charge is 0.0267 e. The Hall–Kier alpha value is 0. The Morgan fingerprint density at radius 3 is 0.750 bits per heavy atom. The fourth-order valence-corrected chi connectivity index (χ4v) is 0.250. The van der Waals surface area contributed by atoms with Crippen LogP contribution in [0.15, 0.2) is 0 Å². The number of rotatable bonds is 0. The molecule has 1 aliphatic rings. The normalized spacial score (nSPS) is 104. The fourth-order valence-electron chi connectivity index (χ4n) is 0.250. The van der Waals surface area contributed by atoms with Gasteiger partial charge in [0.25, 0.3) is 0 Å². The highest BCUT2D eigenvalue weighted by molar-refractivity contribution is 4.51. The van der Waals surface area contributed by atoms with Gasteiger partial charge in [0, 0.05) is 21.9 Å². The van der Waals surface area contributed by atoms with E-state index in [2.05, 4.69) is 0 Å². The van der Waals surface area contributed by atoms with Crippen LogP contribution in [0.1, 0.15) is 72.9 Å². The van der Waals surface area contributed by atoms with Crippen molar-refractivity contribution in [3.05, 3.63) is 0 Å². The zero-order valence-corrected chi connectivity index (χ0v) is 4.00. The molecule has 0 saturated heterocycles. The molecule has 1 aliphatic carbocycles. The lowest BCUT2D eigenvalue weighted by Crippen LogP contribution is -1.85. The van der Waals surface area contributed by atoms with Crippen molar-refractivity contribution in [3.63, 3.8) is 0 Å². The van der Waals surface area contributed by atoms with E-state index in [1.54, 1.807) is 0 Å². The molecule has 0 nitrogen and oxygen atoms in total. The molecule has 0 atom stereocenters. The van der Waals surface area contributed by atoms with Gasteiger partial charge in [0.05, 0.1) is 0 Å². The minimum atomic E-state index is -4.04. The molecule has 0 aliphatic heterocycles. The van der Waals surface area contributed by atoms with Crippen LogP contribution in [0.2, 0.25) is 0 Å². The maximum absolute atomic E-state index is 7.64. The van der Waals surface area contributed by atoms with Gasteiger partial charge in [-0.15, -0.1) is 0 Å². The highest BCUT2D eigenvalue weighted by atomic mass is 14.0. The number of hydrogen-bond donors (Lipinski definition) is 0. The molecule has 0 heteroatoms. The summed E-state index contributed by atoms with van der Waals surface area (Å²) in [5.41, 5.74) is 0. The second kappa shape index (κ2) is 3.94. The van der Waals surface area contributed by atoms with Crippen molar-refractivity contribution >= 4 is 0 Å². The molecule has 8 heavy (non-hydrogen) atoms. The van der Waals surface area contributed by atoms with Gasteiger partial charge in [0.15, 0.2) is 0 Å². The van der Waals surface area contributed by atoms with Crippen LogP contribution in [0.3, 0.4) is 0 Å².